The van der Waals surface area contributed by atoms with Crippen LogP contribution in [-0.4, -0.2) is 34.7 Å². The van der Waals surface area contributed by atoms with Crippen molar-refractivity contribution in [2.45, 2.75) is 37.0 Å². The number of carbonyl (C=O) groups is 1. The fourth-order valence-electron chi connectivity index (χ4n) is 3.02. The predicted octanol–water partition coefficient (Wildman–Crippen LogP) is 5.26. The lowest BCUT2D eigenvalue weighted by atomic mass is 10.2. The van der Waals surface area contributed by atoms with Crippen molar-refractivity contribution < 1.29 is 18.0 Å². The Hall–Kier alpha value is -2.00. The van der Waals surface area contributed by atoms with Gasteiger partial charge in [0, 0.05) is 25.0 Å². The van der Waals surface area contributed by atoms with Gasteiger partial charge in [0.1, 0.15) is 5.82 Å². The Kier molecular flexibility index (Phi) is 7.23. The molecule has 156 valence electrons. The summed E-state index contributed by atoms with van der Waals surface area (Å²) in [5, 5.41) is 2.49. The topological polar surface area (TPSA) is 58.1 Å². The SMILES string of the molecule is O=C(CSc1nccc(N2CCCCCC2)n1)Nc1ccc(Cl)c(C(F)(F)F)c1. The Balaban J connectivity index is 1.59. The molecular weight excluding hydrogens is 425 g/mol. The third-order valence-corrected chi connectivity index (χ3v) is 5.63. The lowest BCUT2D eigenvalue weighted by Gasteiger charge is -2.21. The number of nitrogens with one attached hydrogen (secondary N) is 1. The van der Waals surface area contributed by atoms with Crippen molar-refractivity contribution >= 4 is 40.8 Å². The molecule has 1 aromatic carbocycles. The van der Waals surface area contributed by atoms with E-state index in [0.717, 1.165) is 55.6 Å². The molecule has 0 bridgehead atoms. The van der Waals surface area contributed by atoms with Crippen LogP contribution >= 0.6 is 23.4 Å². The Bertz CT molecular complexity index is 858. The maximum Gasteiger partial charge on any atom is 0.417 e. The number of aromatic nitrogens is 2. The van der Waals surface area contributed by atoms with Gasteiger partial charge in [-0.25, -0.2) is 9.97 Å². The minimum absolute atomic E-state index is 0.0204. The second-order valence-electron chi connectivity index (χ2n) is 6.63. The monoisotopic (exact) mass is 444 g/mol. The molecule has 1 aromatic heterocycles. The maximum atomic E-state index is 12.9. The summed E-state index contributed by atoms with van der Waals surface area (Å²) in [6.07, 6.45) is 1.73. The third kappa shape index (κ3) is 6.24. The summed E-state index contributed by atoms with van der Waals surface area (Å²) in [5.41, 5.74) is -0.954. The largest absolute Gasteiger partial charge is 0.417 e. The Morgan fingerprint density at radius 2 is 1.90 bits per heavy atom. The van der Waals surface area contributed by atoms with E-state index in [1.807, 2.05) is 6.07 Å². The van der Waals surface area contributed by atoms with Crippen molar-refractivity contribution in [2.24, 2.45) is 0 Å². The number of hydrogen-bond acceptors (Lipinski definition) is 5. The van der Waals surface area contributed by atoms with Crippen LogP contribution in [0.15, 0.2) is 35.6 Å². The van der Waals surface area contributed by atoms with Gasteiger partial charge in [-0.2, -0.15) is 13.2 Å². The minimum Gasteiger partial charge on any atom is -0.356 e. The molecule has 0 radical (unpaired) electrons. The number of hydrogen-bond donors (Lipinski definition) is 1. The maximum absolute atomic E-state index is 12.9. The molecule has 1 saturated heterocycles. The molecule has 10 heteroatoms. The summed E-state index contributed by atoms with van der Waals surface area (Å²) in [4.78, 5) is 23.0. The highest BCUT2D eigenvalue weighted by atomic mass is 35.5. The molecule has 1 N–H and O–H groups in total. The number of halogens is 4. The van der Waals surface area contributed by atoms with Gasteiger partial charge in [-0.3, -0.25) is 4.79 Å². The zero-order chi connectivity index (χ0) is 20.9. The van der Waals surface area contributed by atoms with Crippen LogP contribution < -0.4 is 10.2 Å². The first kappa shape index (κ1) is 21.7. The van der Waals surface area contributed by atoms with Crippen molar-refractivity contribution in [2.75, 3.05) is 29.1 Å². The Morgan fingerprint density at radius 3 is 2.59 bits per heavy atom. The molecule has 1 aliphatic heterocycles. The van der Waals surface area contributed by atoms with Gasteiger partial charge in [-0.15, -0.1) is 0 Å². The molecule has 0 spiro atoms. The summed E-state index contributed by atoms with van der Waals surface area (Å²) in [6, 6.07) is 5.11. The van der Waals surface area contributed by atoms with Crippen LogP contribution in [-0.2, 0) is 11.0 Å². The summed E-state index contributed by atoms with van der Waals surface area (Å²) in [6.45, 7) is 1.89. The van der Waals surface area contributed by atoms with E-state index in [1.165, 1.54) is 18.9 Å². The number of benzene rings is 1. The summed E-state index contributed by atoms with van der Waals surface area (Å²) in [5.74, 6) is 0.361. The Morgan fingerprint density at radius 1 is 1.17 bits per heavy atom. The lowest BCUT2D eigenvalue weighted by molar-refractivity contribution is -0.137. The number of rotatable bonds is 5. The van der Waals surface area contributed by atoms with Gasteiger partial charge < -0.3 is 10.2 Å². The van der Waals surface area contributed by atoms with Crippen molar-refractivity contribution in [1.82, 2.24) is 9.97 Å². The minimum atomic E-state index is -4.59. The normalized spacial score (nSPS) is 15.1. The molecule has 29 heavy (non-hydrogen) atoms. The van der Waals surface area contributed by atoms with E-state index in [1.54, 1.807) is 6.20 Å². The number of anilines is 2. The van der Waals surface area contributed by atoms with E-state index < -0.39 is 22.7 Å². The molecule has 5 nitrogen and oxygen atoms in total. The van der Waals surface area contributed by atoms with Crippen LogP contribution in [0.1, 0.15) is 31.2 Å². The highest BCUT2D eigenvalue weighted by molar-refractivity contribution is 7.99. The zero-order valence-electron chi connectivity index (χ0n) is 15.5. The van der Waals surface area contributed by atoms with Crippen molar-refractivity contribution in [3.05, 3.63) is 41.0 Å². The molecule has 3 rings (SSSR count). The quantitative estimate of drug-likeness (QED) is 0.503. The number of carbonyl (C=O) groups excluding carboxylic acids is 1. The molecule has 0 saturated carbocycles. The van der Waals surface area contributed by atoms with Gasteiger partial charge in [0.25, 0.3) is 0 Å². The van der Waals surface area contributed by atoms with Crippen LogP contribution in [0.3, 0.4) is 0 Å². The molecule has 1 aliphatic rings. The van der Waals surface area contributed by atoms with E-state index in [0.29, 0.717) is 5.16 Å². The van der Waals surface area contributed by atoms with Crippen molar-refractivity contribution in [3.8, 4) is 0 Å². The van der Waals surface area contributed by atoms with Gasteiger partial charge in [0.15, 0.2) is 5.16 Å². The second kappa shape index (κ2) is 9.67. The number of nitrogens with zero attached hydrogens (tertiary/aromatic N) is 3. The smallest absolute Gasteiger partial charge is 0.356 e. The molecule has 1 fully saturated rings. The summed E-state index contributed by atoms with van der Waals surface area (Å²) in [7, 11) is 0. The van der Waals surface area contributed by atoms with Gasteiger partial charge in [0.05, 0.1) is 16.3 Å². The van der Waals surface area contributed by atoms with E-state index in [4.69, 9.17) is 11.6 Å². The van der Waals surface area contributed by atoms with Crippen LogP contribution in [0, 0.1) is 0 Å². The molecule has 0 aliphatic carbocycles. The molecule has 2 aromatic rings. The van der Waals surface area contributed by atoms with Crippen LogP contribution in [0.2, 0.25) is 5.02 Å². The van der Waals surface area contributed by atoms with Gasteiger partial charge in [-0.05, 0) is 37.1 Å². The standard InChI is InChI=1S/C19H20ClF3N4OS/c20-15-6-5-13(11-14(15)19(21,22)23)25-17(28)12-29-18-24-8-7-16(26-18)27-9-3-1-2-4-10-27/h5-8,11H,1-4,9-10,12H2,(H,25,28). The first-order valence-corrected chi connectivity index (χ1v) is 10.6. The van der Waals surface area contributed by atoms with E-state index in [2.05, 4.69) is 20.2 Å². The fraction of sp³-hybridized carbons (Fsp3) is 0.421. The molecule has 0 unspecified atom stereocenters. The molecule has 0 atom stereocenters. The van der Waals surface area contributed by atoms with Crippen LogP contribution in [0.4, 0.5) is 24.7 Å². The second-order valence-corrected chi connectivity index (χ2v) is 7.98. The van der Waals surface area contributed by atoms with E-state index >= 15 is 0 Å². The molecular formula is C19H20ClF3N4OS. The fourth-order valence-corrected chi connectivity index (χ4v) is 3.88. The van der Waals surface area contributed by atoms with E-state index in [9.17, 15) is 18.0 Å². The Labute approximate surface area is 176 Å². The van der Waals surface area contributed by atoms with Crippen molar-refractivity contribution in [1.29, 1.82) is 0 Å². The van der Waals surface area contributed by atoms with Gasteiger partial charge in [-0.1, -0.05) is 36.2 Å². The average molecular weight is 445 g/mol. The lowest BCUT2D eigenvalue weighted by Crippen LogP contribution is -2.25. The van der Waals surface area contributed by atoms with E-state index in [-0.39, 0.29) is 11.4 Å². The highest BCUT2D eigenvalue weighted by Gasteiger charge is 2.33. The van der Waals surface area contributed by atoms with Gasteiger partial charge >= 0.3 is 6.18 Å². The summed E-state index contributed by atoms with van der Waals surface area (Å²) < 4.78 is 38.8. The first-order chi connectivity index (χ1) is 13.8. The average Bonchev–Trinajstić information content (AvgIpc) is 2.97. The number of alkyl halides is 3. The molecule has 2 heterocycles. The van der Waals surface area contributed by atoms with Crippen molar-refractivity contribution in [3.63, 3.8) is 0 Å². The first-order valence-electron chi connectivity index (χ1n) is 9.20. The zero-order valence-corrected chi connectivity index (χ0v) is 17.1. The number of amides is 1. The van der Waals surface area contributed by atoms with Crippen LogP contribution in [0.25, 0.3) is 0 Å². The predicted molar refractivity (Wildman–Crippen MR) is 109 cm³/mol. The highest BCUT2D eigenvalue weighted by Crippen LogP contribution is 2.36. The van der Waals surface area contributed by atoms with Gasteiger partial charge in [0.2, 0.25) is 5.91 Å². The number of thioether (sulfide) groups is 1. The van der Waals surface area contributed by atoms with Crippen LogP contribution in [0.5, 0.6) is 0 Å². The third-order valence-electron chi connectivity index (χ3n) is 4.44. The molecule has 1 amide bonds. The summed E-state index contributed by atoms with van der Waals surface area (Å²) >= 11 is 6.73.